The summed E-state index contributed by atoms with van der Waals surface area (Å²) >= 11 is 0. The molecule has 0 saturated heterocycles. The molecule has 0 radical (unpaired) electrons. The second-order valence-corrected chi connectivity index (χ2v) is 7.24. The zero-order chi connectivity index (χ0) is 17.9. The molecule has 2 rings (SSSR count). The quantitative estimate of drug-likeness (QED) is 0.829. The molecule has 0 fully saturated rings. The minimum Gasteiger partial charge on any atom is -0.337 e. The number of hydrogen-bond acceptors (Lipinski definition) is 4. The van der Waals surface area contributed by atoms with Gasteiger partial charge in [-0.1, -0.05) is 19.1 Å². The molecule has 1 aliphatic rings. The van der Waals surface area contributed by atoms with E-state index < -0.39 is 16.1 Å². The largest absolute Gasteiger partial charge is 0.337 e. The predicted octanol–water partition coefficient (Wildman–Crippen LogP) is 1.15. The minimum absolute atomic E-state index is 0.0478. The van der Waals surface area contributed by atoms with Gasteiger partial charge in [0.05, 0.1) is 11.4 Å². The van der Waals surface area contributed by atoms with E-state index >= 15 is 0 Å². The van der Waals surface area contributed by atoms with Crippen molar-refractivity contribution in [1.29, 1.82) is 0 Å². The smallest absolute Gasteiger partial charge is 0.324 e. The number of primary sulfonamides is 1. The Morgan fingerprint density at radius 2 is 1.92 bits per heavy atom. The lowest BCUT2D eigenvalue weighted by atomic mass is 10.1. The van der Waals surface area contributed by atoms with E-state index in [0.29, 0.717) is 31.5 Å². The van der Waals surface area contributed by atoms with Crippen LogP contribution in [0, 0.1) is 0 Å². The summed E-state index contributed by atoms with van der Waals surface area (Å²) in [6, 6.07) is 5.74. The van der Waals surface area contributed by atoms with Crippen molar-refractivity contribution in [2.45, 2.75) is 31.6 Å². The van der Waals surface area contributed by atoms with Crippen LogP contribution in [0.5, 0.6) is 0 Å². The fraction of sp³-hybridized carbons (Fsp3) is 0.375. The number of nitrogens with one attached hydrogen (secondary N) is 1. The number of amides is 3. The summed E-state index contributed by atoms with van der Waals surface area (Å²) in [6.45, 7) is 4.43. The Balaban J connectivity index is 1.87. The van der Waals surface area contributed by atoms with Crippen LogP contribution in [-0.2, 0) is 21.2 Å². The van der Waals surface area contributed by atoms with E-state index in [1.54, 1.807) is 12.1 Å². The first kappa shape index (κ1) is 18.2. The van der Waals surface area contributed by atoms with Gasteiger partial charge in [-0.05, 0) is 43.0 Å². The highest BCUT2D eigenvalue weighted by Gasteiger charge is 2.31. The van der Waals surface area contributed by atoms with E-state index in [1.807, 2.05) is 13.8 Å². The zero-order valence-electron chi connectivity index (χ0n) is 13.7. The van der Waals surface area contributed by atoms with Gasteiger partial charge in [-0.15, -0.1) is 0 Å². The van der Waals surface area contributed by atoms with Gasteiger partial charge in [-0.3, -0.25) is 9.69 Å². The van der Waals surface area contributed by atoms with Crippen LogP contribution in [0.1, 0.15) is 25.8 Å². The van der Waals surface area contributed by atoms with Crippen molar-refractivity contribution < 1.29 is 18.0 Å². The lowest BCUT2D eigenvalue weighted by Crippen LogP contribution is -2.42. The minimum atomic E-state index is -3.70. The lowest BCUT2D eigenvalue weighted by molar-refractivity contribution is -0.123. The summed E-state index contributed by atoms with van der Waals surface area (Å²) in [5.41, 5.74) is 2.49. The summed E-state index contributed by atoms with van der Waals surface area (Å²) in [6.07, 6.45) is 1.14. The van der Waals surface area contributed by atoms with Crippen molar-refractivity contribution in [3.63, 3.8) is 0 Å². The van der Waals surface area contributed by atoms with Gasteiger partial charge in [0.1, 0.15) is 0 Å². The van der Waals surface area contributed by atoms with Crippen LogP contribution in [0.4, 0.5) is 4.79 Å². The molecule has 1 aromatic carbocycles. The molecule has 1 aliphatic heterocycles. The molecule has 0 spiro atoms. The first-order chi connectivity index (χ1) is 11.2. The standard InChI is InChI=1S/C16H21N3O4S/c1-3-14-11(2)10-19(15(14)20)16(21)18-9-8-12-4-6-13(7-5-12)24(17,22)23/h4-7H,3,8-10H2,1-2H3,(H,18,21)(H2,17,22,23). The number of carbonyl (C=O) groups excluding carboxylic acids is 2. The van der Waals surface area contributed by atoms with Gasteiger partial charge >= 0.3 is 6.03 Å². The van der Waals surface area contributed by atoms with Crippen molar-refractivity contribution in [2.75, 3.05) is 13.1 Å². The van der Waals surface area contributed by atoms with Crippen LogP contribution in [0.25, 0.3) is 0 Å². The van der Waals surface area contributed by atoms with Crippen molar-refractivity contribution in [3.05, 3.63) is 41.0 Å². The average Bonchev–Trinajstić information content (AvgIpc) is 2.81. The van der Waals surface area contributed by atoms with Gasteiger partial charge in [-0.25, -0.2) is 18.4 Å². The fourth-order valence-electron chi connectivity index (χ4n) is 2.62. The Morgan fingerprint density at radius 3 is 2.42 bits per heavy atom. The molecular weight excluding hydrogens is 330 g/mol. The van der Waals surface area contributed by atoms with Gasteiger partial charge in [-0.2, -0.15) is 0 Å². The van der Waals surface area contributed by atoms with Gasteiger partial charge in [0, 0.05) is 12.1 Å². The summed E-state index contributed by atoms with van der Waals surface area (Å²) in [5.74, 6) is -0.231. The average molecular weight is 351 g/mol. The maximum atomic E-state index is 12.1. The van der Waals surface area contributed by atoms with Crippen LogP contribution in [0.3, 0.4) is 0 Å². The molecule has 0 aromatic heterocycles. The molecule has 0 unspecified atom stereocenters. The van der Waals surface area contributed by atoms with Gasteiger partial charge < -0.3 is 5.32 Å². The number of rotatable bonds is 5. The molecule has 1 heterocycles. The third-order valence-electron chi connectivity index (χ3n) is 3.95. The molecule has 8 heteroatoms. The van der Waals surface area contributed by atoms with E-state index in [4.69, 9.17) is 5.14 Å². The molecule has 0 aliphatic carbocycles. The second-order valence-electron chi connectivity index (χ2n) is 5.67. The van der Waals surface area contributed by atoms with E-state index in [1.165, 1.54) is 17.0 Å². The molecular formula is C16H21N3O4S. The van der Waals surface area contributed by atoms with Gasteiger partial charge in [0.15, 0.2) is 0 Å². The van der Waals surface area contributed by atoms with Crippen molar-refractivity contribution >= 4 is 22.0 Å². The summed E-state index contributed by atoms with van der Waals surface area (Å²) < 4.78 is 22.4. The van der Waals surface area contributed by atoms with Crippen LogP contribution in [0.15, 0.2) is 40.3 Å². The number of sulfonamides is 1. The zero-order valence-corrected chi connectivity index (χ0v) is 14.5. The highest BCUT2D eigenvalue weighted by molar-refractivity contribution is 7.89. The Bertz CT molecular complexity index is 782. The monoisotopic (exact) mass is 351 g/mol. The predicted molar refractivity (Wildman–Crippen MR) is 89.6 cm³/mol. The normalized spacial score (nSPS) is 15.1. The number of carbonyl (C=O) groups is 2. The van der Waals surface area contributed by atoms with E-state index in [9.17, 15) is 18.0 Å². The van der Waals surface area contributed by atoms with E-state index in [2.05, 4.69) is 5.32 Å². The van der Waals surface area contributed by atoms with Crippen molar-refractivity contribution in [2.24, 2.45) is 5.14 Å². The third kappa shape index (κ3) is 4.01. The first-order valence-electron chi connectivity index (χ1n) is 7.64. The summed E-state index contributed by atoms with van der Waals surface area (Å²) in [5, 5.41) is 7.75. The molecule has 3 N–H and O–H groups in total. The SMILES string of the molecule is CCC1=C(C)CN(C(=O)NCCc2ccc(S(N)(=O)=O)cc2)C1=O. The van der Waals surface area contributed by atoms with Gasteiger partial charge in [0.2, 0.25) is 10.0 Å². The molecule has 1 aromatic rings. The summed E-state index contributed by atoms with van der Waals surface area (Å²) in [4.78, 5) is 25.5. The molecule has 3 amide bonds. The Hall–Kier alpha value is -2.19. The fourth-order valence-corrected chi connectivity index (χ4v) is 3.14. The van der Waals surface area contributed by atoms with Crippen LogP contribution in [0.2, 0.25) is 0 Å². The molecule has 130 valence electrons. The highest BCUT2D eigenvalue weighted by atomic mass is 32.2. The highest BCUT2D eigenvalue weighted by Crippen LogP contribution is 2.21. The van der Waals surface area contributed by atoms with Gasteiger partial charge in [0.25, 0.3) is 5.91 Å². The number of urea groups is 1. The summed E-state index contributed by atoms with van der Waals surface area (Å²) in [7, 11) is -3.70. The Morgan fingerprint density at radius 1 is 1.29 bits per heavy atom. The number of nitrogens with two attached hydrogens (primary N) is 1. The second kappa shape index (κ2) is 7.14. The molecule has 0 saturated carbocycles. The lowest BCUT2D eigenvalue weighted by Gasteiger charge is -2.16. The van der Waals surface area contributed by atoms with Crippen molar-refractivity contribution in [3.8, 4) is 0 Å². The van der Waals surface area contributed by atoms with Crippen LogP contribution >= 0.6 is 0 Å². The first-order valence-corrected chi connectivity index (χ1v) is 9.18. The van der Waals surface area contributed by atoms with Crippen LogP contribution in [-0.4, -0.2) is 38.3 Å². The topological polar surface area (TPSA) is 110 Å². The van der Waals surface area contributed by atoms with Crippen molar-refractivity contribution in [1.82, 2.24) is 10.2 Å². The molecule has 24 heavy (non-hydrogen) atoms. The van der Waals surface area contributed by atoms with E-state index in [0.717, 1.165) is 11.1 Å². The number of nitrogens with zero attached hydrogens (tertiary/aromatic N) is 1. The van der Waals surface area contributed by atoms with Crippen LogP contribution < -0.4 is 10.5 Å². The van der Waals surface area contributed by atoms with E-state index in [-0.39, 0.29) is 10.8 Å². The maximum Gasteiger partial charge on any atom is 0.324 e. The molecule has 0 bridgehead atoms. The third-order valence-corrected chi connectivity index (χ3v) is 4.88. The Labute approximate surface area is 141 Å². The molecule has 0 atom stereocenters. The maximum absolute atomic E-state index is 12.1. The number of hydrogen-bond donors (Lipinski definition) is 2. The Kier molecular flexibility index (Phi) is 5.40. The number of benzene rings is 1. The molecule has 7 nitrogen and oxygen atoms in total. The number of imide groups is 1.